The van der Waals surface area contributed by atoms with Gasteiger partial charge in [0.1, 0.15) is 0 Å². The van der Waals surface area contributed by atoms with Crippen LogP contribution in [0.3, 0.4) is 0 Å². The van der Waals surface area contributed by atoms with Gasteiger partial charge in [-0.1, -0.05) is 0 Å². The lowest BCUT2D eigenvalue weighted by atomic mass is 10.5. The van der Waals surface area contributed by atoms with Gasteiger partial charge in [-0.05, 0) is 0 Å². The molecule has 23 heavy (non-hydrogen) atoms. The molecule has 0 aromatic rings. The minimum Gasteiger partial charge on any atom is -0.381 e. The fourth-order valence-corrected chi connectivity index (χ4v) is 11.3. The summed E-state index contributed by atoms with van der Waals surface area (Å²) in [6, 6.07) is 0. The topological polar surface area (TPSA) is 158 Å². The Morgan fingerprint density at radius 1 is 0.652 bits per heavy atom. The van der Waals surface area contributed by atoms with Gasteiger partial charge in [0.15, 0.2) is 44.3 Å². The van der Waals surface area contributed by atoms with E-state index in [1.54, 1.807) is 0 Å². The molecule has 4 unspecified atom stereocenters. The summed E-state index contributed by atoms with van der Waals surface area (Å²) in [7, 11) is -16.2. The maximum absolute atomic E-state index is 11.3. The van der Waals surface area contributed by atoms with Crippen LogP contribution >= 0.6 is 0 Å². The van der Waals surface area contributed by atoms with Gasteiger partial charge in [0, 0.05) is 70.8 Å². The van der Waals surface area contributed by atoms with Crippen LogP contribution < -0.4 is 0 Å². The van der Waals surface area contributed by atoms with E-state index in [4.69, 9.17) is 4.74 Å². The van der Waals surface area contributed by atoms with Crippen molar-refractivity contribution in [1.29, 1.82) is 0 Å². The van der Waals surface area contributed by atoms with Gasteiger partial charge in [-0.2, -0.15) is 0 Å². The molecule has 0 aliphatic heterocycles. The highest BCUT2D eigenvalue weighted by Crippen LogP contribution is 2.15. The number of rotatable bonds is 10. The minimum absolute atomic E-state index is 0.339. The molecule has 0 heterocycles. The standard InChI is InChI=1S/C6H14O9S8/c7-20(8,16)5(21(9,10)17)1-3-15-4-2-6(22(11,12)18)23(13,14)19/h5-6H,1-4H2,(H,7,8,16)(H,9,10,17)(H,11,12,18)(H,13,14,19). The Hall–Kier alpha value is 1.28. The maximum Gasteiger partial charge on any atom is 0.164 e. The Kier molecular flexibility index (Phi) is 9.27. The molecule has 0 radical (unpaired) electrons. The molecule has 0 spiro atoms. The smallest absolute Gasteiger partial charge is 0.164 e. The second-order valence-corrected chi connectivity index (χ2v) is 16.8. The summed E-state index contributed by atoms with van der Waals surface area (Å²) < 4.78 is 83.3. The molecule has 4 atom stereocenters. The fourth-order valence-electron chi connectivity index (χ4n) is 1.36. The highest BCUT2D eigenvalue weighted by molar-refractivity contribution is 8.42. The van der Waals surface area contributed by atoms with Crippen molar-refractivity contribution in [3.63, 3.8) is 0 Å². The van der Waals surface area contributed by atoms with E-state index < -0.39 is 57.1 Å². The zero-order valence-electron chi connectivity index (χ0n) is 11.1. The SMILES string of the molecule is O=S(O)(=S)C(CCOCCC(S(=O)(O)=S)S(=O)(O)=S)S(=O)(O)=S. The average Bonchev–Trinajstić information content (AvgIpc) is 2.19. The van der Waals surface area contributed by atoms with Crippen molar-refractivity contribution >= 4 is 79.8 Å². The Labute approximate surface area is 153 Å². The summed E-state index contributed by atoms with van der Waals surface area (Å²) in [6.45, 7) is -0.679. The van der Waals surface area contributed by atoms with Gasteiger partial charge in [0.05, 0.1) is 0 Å². The second kappa shape index (κ2) is 8.78. The highest BCUT2D eigenvalue weighted by Gasteiger charge is 2.30. The second-order valence-electron chi connectivity index (χ2n) is 4.11. The van der Waals surface area contributed by atoms with Crippen LogP contribution in [0.1, 0.15) is 12.8 Å². The maximum atomic E-state index is 11.3. The van der Waals surface area contributed by atoms with Crippen LogP contribution in [0.25, 0.3) is 0 Å². The summed E-state index contributed by atoms with van der Waals surface area (Å²) in [5, 5.41) is 0. The van der Waals surface area contributed by atoms with E-state index in [9.17, 15) is 35.0 Å². The van der Waals surface area contributed by atoms with E-state index in [1.807, 2.05) is 0 Å². The van der Waals surface area contributed by atoms with E-state index >= 15 is 0 Å². The van der Waals surface area contributed by atoms with Gasteiger partial charge >= 0.3 is 0 Å². The molecule has 17 heteroatoms. The molecule has 0 saturated heterocycles. The molecule has 0 rings (SSSR count). The molecule has 0 aliphatic carbocycles. The highest BCUT2D eigenvalue weighted by atomic mass is 32.9. The van der Waals surface area contributed by atoms with Crippen LogP contribution in [0.2, 0.25) is 0 Å². The van der Waals surface area contributed by atoms with Crippen LogP contribution in [0.15, 0.2) is 0 Å². The minimum atomic E-state index is -4.05. The summed E-state index contributed by atoms with van der Waals surface area (Å²) in [5.74, 6) is 0. The van der Waals surface area contributed by atoms with Crippen LogP contribution in [-0.4, -0.2) is 57.4 Å². The van der Waals surface area contributed by atoms with E-state index in [0.29, 0.717) is 0 Å². The van der Waals surface area contributed by atoms with Crippen LogP contribution in [0.4, 0.5) is 0 Å². The monoisotopic (exact) mass is 486 g/mol. The van der Waals surface area contributed by atoms with E-state index in [1.165, 1.54) is 0 Å². The lowest BCUT2D eigenvalue weighted by Crippen LogP contribution is -2.31. The molecule has 9 nitrogen and oxygen atoms in total. The quantitative estimate of drug-likeness (QED) is 0.288. The first-order valence-corrected chi connectivity index (χ1v) is 15.4. The summed E-state index contributed by atoms with van der Waals surface area (Å²) in [6.07, 6.45) is -0.847. The number of hydrogen-bond donors (Lipinski definition) is 4. The summed E-state index contributed by atoms with van der Waals surface area (Å²) in [5.41, 5.74) is 0. The molecule has 0 aromatic heterocycles. The Bertz CT molecular complexity index is 671. The number of hydrogen-bond acceptors (Lipinski definition) is 9. The van der Waals surface area contributed by atoms with Gasteiger partial charge < -0.3 is 22.9 Å². The van der Waals surface area contributed by atoms with Crippen molar-refractivity contribution in [2.24, 2.45) is 0 Å². The Morgan fingerprint density at radius 2 is 0.870 bits per heavy atom. The van der Waals surface area contributed by atoms with Gasteiger partial charge in [-0.3, -0.25) is 0 Å². The predicted molar refractivity (Wildman–Crippen MR) is 100 cm³/mol. The summed E-state index contributed by atoms with van der Waals surface area (Å²) in [4.78, 5) is 0. The molecule has 0 amide bonds. The third kappa shape index (κ3) is 9.52. The normalized spacial score (nSPS) is 25.2. The zero-order chi connectivity index (χ0) is 18.7. The molecule has 4 N–H and O–H groups in total. The van der Waals surface area contributed by atoms with Gasteiger partial charge in [0.25, 0.3) is 0 Å². The largest absolute Gasteiger partial charge is 0.381 e. The van der Waals surface area contributed by atoms with Crippen LogP contribution in [-0.2, 0) is 84.6 Å². The van der Waals surface area contributed by atoms with Crippen LogP contribution in [0, 0.1) is 0 Å². The molecule has 0 aromatic carbocycles. The first-order valence-electron chi connectivity index (χ1n) is 5.40. The van der Waals surface area contributed by atoms with Crippen LogP contribution in [0.5, 0.6) is 0 Å². The molecular formula is C6H14O9S8. The zero-order valence-corrected chi connectivity index (χ0v) is 17.6. The number of ether oxygens (including phenoxy) is 1. The van der Waals surface area contributed by atoms with Crippen molar-refractivity contribution in [1.82, 2.24) is 0 Å². The van der Waals surface area contributed by atoms with Crippen molar-refractivity contribution in [2.75, 3.05) is 13.2 Å². The molecule has 0 bridgehead atoms. The average molecular weight is 487 g/mol. The molecule has 0 saturated carbocycles. The first-order chi connectivity index (χ1) is 9.97. The summed E-state index contributed by atoms with van der Waals surface area (Å²) >= 11 is 16.9. The predicted octanol–water partition coefficient (Wildman–Crippen LogP) is -0.687. The van der Waals surface area contributed by atoms with Crippen molar-refractivity contribution in [3.8, 4) is 0 Å². The lowest BCUT2D eigenvalue weighted by Gasteiger charge is -2.17. The van der Waals surface area contributed by atoms with E-state index in [-0.39, 0.29) is 13.2 Å². The molecule has 0 aliphatic rings. The molecule has 0 fully saturated rings. The third-order valence-electron chi connectivity index (χ3n) is 2.32. The fraction of sp³-hybridized carbons (Fsp3) is 1.00. The first kappa shape index (κ1) is 24.3. The van der Waals surface area contributed by atoms with Gasteiger partial charge in [-0.25, -0.2) is 16.8 Å². The van der Waals surface area contributed by atoms with Crippen molar-refractivity contribution in [2.45, 2.75) is 22.0 Å². The van der Waals surface area contributed by atoms with E-state index in [2.05, 4.69) is 44.8 Å². The molecular weight excluding hydrogens is 473 g/mol. The van der Waals surface area contributed by atoms with E-state index in [0.717, 1.165) is 0 Å². The third-order valence-corrected chi connectivity index (χ3v) is 13.3. The van der Waals surface area contributed by atoms with Crippen molar-refractivity contribution < 1.29 is 39.8 Å². The Balaban J connectivity index is 4.70. The molecule has 140 valence electrons. The van der Waals surface area contributed by atoms with Gasteiger partial charge in [-0.15, -0.1) is 0 Å². The lowest BCUT2D eigenvalue weighted by molar-refractivity contribution is 0.133. The van der Waals surface area contributed by atoms with Crippen molar-refractivity contribution in [3.05, 3.63) is 0 Å². The Morgan fingerprint density at radius 3 is 1.04 bits per heavy atom. The van der Waals surface area contributed by atoms with Gasteiger partial charge in [0.2, 0.25) is 0 Å².